The van der Waals surface area contributed by atoms with E-state index in [1.54, 1.807) is 38.3 Å². The SMILES string of the molecule is C=CCN(Cc1cc(Br)ccc1F)C(=O)C(C)(C)n1cc(N)cn1. The molecule has 0 atom stereocenters. The minimum Gasteiger partial charge on any atom is -0.396 e. The maximum atomic E-state index is 14.0. The second-order valence-electron chi connectivity index (χ2n) is 5.99. The molecule has 2 N–H and O–H groups in total. The normalized spacial score (nSPS) is 11.3. The van der Waals surface area contributed by atoms with Gasteiger partial charge in [-0.3, -0.25) is 9.48 Å². The first-order valence-electron chi connectivity index (χ1n) is 7.40. The van der Waals surface area contributed by atoms with Crippen LogP contribution in [0.2, 0.25) is 0 Å². The van der Waals surface area contributed by atoms with Gasteiger partial charge in [0, 0.05) is 29.3 Å². The predicted octanol–water partition coefficient (Wildman–Crippen LogP) is 3.32. The second-order valence-corrected chi connectivity index (χ2v) is 6.90. The Morgan fingerprint density at radius 3 is 2.83 bits per heavy atom. The first-order chi connectivity index (χ1) is 11.3. The number of benzene rings is 1. The van der Waals surface area contributed by atoms with E-state index in [1.807, 2.05) is 0 Å². The molecule has 0 bridgehead atoms. The van der Waals surface area contributed by atoms with E-state index in [0.717, 1.165) is 4.47 Å². The van der Waals surface area contributed by atoms with E-state index in [9.17, 15) is 9.18 Å². The Morgan fingerprint density at radius 1 is 1.54 bits per heavy atom. The van der Waals surface area contributed by atoms with Crippen LogP contribution >= 0.6 is 15.9 Å². The summed E-state index contributed by atoms with van der Waals surface area (Å²) < 4.78 is 16.3. The van der Waals surface area contributed by atoms with Gasteiger partial charge >= 0.3 is 0 Å². The number of carbonyl (C=O) groups excluding carboxylic acids is 1. The molecule has 1 aromatic heterocycles. The molecule has 1 aromatic carbocycles. The summed E-state index contributed by atoms with van der Waals surface area (Å²) in [5.74, 6) is -0.564. The van der Waals surface area contributed by atoms with Crippen LogP contribution in [0.4, 0.5) is 10.1 Å². The number of halogens is 2. The minimum absolute atomic E-state index is 0.135. The Labute approximate surface area is 149 Å². The van der Waals surface area contributed by atoms with Gasteiger partial charge in [-0.15, -0.1) is 6.58 Å². The average Bonchev–Trinajstić information content (AvgIpc) is 2.97. The van der Waals surface area contributed by atoms with Crippen molar-refractivity contribution in [2.75, 3.05) is 12.3 Å². The first kappa shape index (κ1) is 18.2. The van der Waals surface area contributed by atoms with Crippen LogP contribution in [0.25, 0.3) is 0 Å². The number of aromatic nitrogens is 2. The number of carbonyl (C=O) groups is 1. The van der Waals surface area contributed by atoms with Crippen molar-refractivity contribution in [3.05, 3.63) is 59.1 Å². The smallest absolute Gasteiger partial charge is 0.250 e. The summed E-state index contributed by atoms with van der Waals surface area (Å²) in [5.41, 5.74) is 5.64. The maximum Gasteiger partial charge on any atom is 0.250 e. The summed E-state index contributed by atoms with van der Waals surface area (Å²) in [6.45, 7) is 7.61. The molecule has 1 amide bonds. The third-order valence-electron chi connectivity index (χ3n) is 3.70. The molecular formula is C17H20BrFN4O. The van der Waals surface area contributed by atoms with Gasteiger partial charge in [-0.05, 0) is 32.0 Å². The van der Waals surface area contributed by atoms with Crippen LogP contribution in [0.3, 0.4) is 0 Å². The quantitative estimate of drug-likeness (QED) is 0.764. The summed E-state index contributed by atoms with van der Waals surface area (Å²) in [6, 6.07) is 4.65. The van der Waals surface area contributed by atoms with Crippen LogP contribution < -0.4 is 5.73 Å². The van der Waals surface area contributed by atoms with Crippen molar-refractivity contribution in [1.82, 2.24) is 14.7 Å². The van der Waals surface area contributed by atoms with Gasteiger partial charge in [-0.2, -0.15) is 5.10 Å². The number of nitrogens with zero attached hydrogens (tertiary/aromatic N) is 3. The molecule has 0 fully saturated rings. The van der Waals surface area contributed by atoms with E-state index in [1.165, 1.54) is 21.8 Å². The third-order valence-corrected chi connectivity index (χ3v) is 4.20. The molecule has 0 aliphatic heterocycles. The number of nitrogen functional groups attached to an aromatic ring is 1. The lowest BCUT2D eigenvalue weighted by Gasteiger charge is -2.31. The predicted molar refractivity (Wildman–Crippen MR) is 95.7 cm³/mol. The summed E-state index contributed by atoms with van der Waals surface area (Å²) in [4.78, 5) is 14.5. The molecule has 1 heterocycles. The molecule has 0 saturated carbocycles. The highest BCUT2D eigenvalue weighted by molar-refractivity contribution is 9.10. The van der Waals surface area contributed by atoms with Crippen LogP contribution in [0, 0.1) is 5.82 Å². The standard InChI is InChI=1S/C17H20BrFN4O/c1-4-7-22(10-12-8-13(18)5-6-15(12)19)16(24)17(2,3)23-11-14(20)9-21-23/h4-6,8-9,11H,1,7,10,20H2,2-3H3. The Balaban J connectivity index is 2.30. The van der Waals surface area contributed by atoms with Crippen molar-refractivity contribution < 1.29 is 9.18 Å². The molecule has 2 rings (SSSR count). The summed E-state index contributed by atoms with van der Waals surface area (Å²) >= 11 is 3.32. The monoisotopic (exact) mass is 394 g/mol. The highest BCUT2D eigenvalue weighted by atomic mass is 79.9. The van der Waals surface area contributed by atoms with Gasteiger partial charge in [-0.1, -0.05) is 22.0 Å². The van der Waals surface area contributed by atoms with E-state index in [4.69, 9.17) is 5.73 Å². The zero-order valence-corrected chi connectivity index (χ0v) is 15.3. The topological polar surface area (TPSA) is 64.2 Å². The Morgan fingerprint density at radius 2 is 2.25 bits per heavy atom. The number of hydrogen-bond acceptors (Lipinski definition) is 3. The van der Waals surface area contributed by atoms with Gasteiger partial charge in [-0.25, -0.2) is 4.39 Å². The highest BCUT2D eigenvalue weighted by Crippen LogP contribution is 2.23. The summed E-state index contributed by atoms with van der Waals surface area (Å²) in [5, 5.41) is 4.13. The van der Waals surface area contributed by atoms with Crippen LogP contribution in [0.1, 0.15) is 19.4 Å². The van der Waals surface area contributed by atoms with E-state index < -0.39 is 5.54 Å². The van der Waals surface area contributed by atoms with E-state index in [2.05, 4.69) is 27.6 Å². The first-order valence-corrected chi connectivity index (χ1v) is 8.20. The zero-order chi connectivity index (χ0) is 17.9. The molecule has 0 aliphatic rings. The molecule has 128 valence electrons. The average molecular weight is 395 g/mol. The fraction of sp³-hybridized carbons (Fsp3) is 0.294. The van der Waals surface area contributed by atoms with Gasteiger partial charge < -0.3 is 10.6 Å². The fourth-order valence-electron chi connectivity index (χ4n) is 2.37. The number of rotatable bonds is 6. The van der Waals surface area contributed by atoms with E-state index >= 15 is 0 Å². The van der Waals surface area contributed by atoms with Crippen LogP contribution in [0.15, 0.2) is 47.7 Å². The molecule has 0 saturated heterocycles. The lowest BCUT2D eigenvalue weighted by atomic mass is 10.0. The van der Waals surface area contributed by atoms with Crippen molar-refractivity contribution in [2.45, 2.75) is 25.9 Å². The number of nitrogens with two attached hydrogens (primary N) is 1. The van der Waals surface area contributed by atoms with Crippen molar-refractivity contribution in [3.63, 3.8) is 0 Å². The fourth-order valence-corrected chi connectivity index (χ4v) is 2.78. The second kappa shape index (κ2) is 7.17. The van der Waals surface area contributed by atoms with Crippen molar-refractivity contribution in [2.24, 2.45) is 0 Å². The summed E-state index contributed by atoms with van der Waals surface area (Å²) in [7, 11) is 0. The molecule has 24 heavy (non-hydrogen) atoms. The zero-order valence-electron chi connectivity index (χ0n) is 13.7. The molecule has 7 heteroatoms. The molecule has 2 aromatic rings. The van der Waals surface area contributed by atoms with Crippen LogP contribution in [-0.2, 0) is 16.9 Å². The lowest BCUT2D eigenvalue weighted by Crippen LogP contribution is -2.47. The third kappa shape index (κ3) is 3.84. The molecule has 0 unspecified atom stereocenters. The van der Waals surface area contributed by atoms with Gasteiger partial charge in [0.05, 0.1) is 11.9 Å². The Bertz CT molecular complexity index is 757. The highest BCUT2D eigenvalue weighted by Gasteiger charge is 2.34. The van der Waals surface area contributed by atoms with E-state index in [0.29, 0.717) is 17.8 Å². The van der Waals surface area contributed by atoms with Gasteiger partial charge in [0.1, 0.15) is 11.4 Å². The summed E-state index contributed by atoms with van der Waals surface area (Å²) in [6.07, 6.45) is 4.70. The number of anilines is 1. The molecule has 0 radical (unpaired) electrons. The Hall–Kier alpha value is -2.15. The lowest BCUT2D eigenvalue weighted by molar-refractivity contribution is -0.139. The van der Waals surface area contributed by atoms with Crippen molar-refractivity contribution >= 4 is 27.5 Å². The van der Waals surface area contributed by atoms with Gasteiger partial charge in [0.25, 0.3) is 5.91 Å². The minimum atomic E-state index is -0.955. The molecular weight excluding hydrogens is 375 g/mol. The van der Waals surface area contributed by atoms with Crippen molar-refractivity contribution in [1.29, 1.82) is 0 Å². The Kier molecular flexibility index (Phi) is 5.43. The molecule has 0 spiro atoms. The molecule has 0 aliphatic carbocycles. The van der Waals surface area contributed by atoms with Crippen LogP contribution in [-0.4, -0.2) is 27.1 Å². The van der Waals surface area contributed by atoms with Gasteiger partial charge in [0.2, 0.25) is 0 Å². The largest absolute Gasteiger partial charge is 0.396 e. The van der Waals surface area contributed by atoms with E-state index in [-0.39, 0.29) is 18.3 Å². The van der Waals surface area contributed by atoms with Gasteiger partial charge in [0.15, 0.2) is 0 Å². The molecule has 5 nitrogen and oxygen atoms in total. The maximum absolute atomic E-state index is 14.0. The van der Waals surface area contributed by atoms with Crippen LogP contribution in [0.5, 0.6) is 0 Å². The number of amides is 1. The number of hydrogen-bond donors (Lipinski definition) is 1. The van der Waals surface area contributed by atoms with Crippen molar-refractivity contribution in [3.8, 4) is 0 Å².